The standard InChI is InChI=1S/C24H26N2/c1-2-3-4-5-18-6-8-19(9-7-18)20-10-12-21(13-11-20)23-16-25-24(26-17-23)22-14-15-22/h6-13,16-17,22H,2-5,14-15H2,1H3. The Morgan fingerprint density at radius 2 is 1.27 bits per heavy atom. The maximum absolute atomic E-state index is 4.53. The normalized spacial score (nSPS) is 13.7. The van der Waals surface area contributed by atoms with Gasteiger partial charge in [0.15, 0.2) is 0 Å². The molecule has 1 aliphatic rings. The first-order chi connectivity index (χ1) is 12.8. The van der Waals surface area contributed by atoms with Crippen molar-refractivity contribution in [3.05, 3.63) is 72.3 Å². The van der Waals surface area contributed by atoms with E-state index in [4.69, 9.17) is 0 Å². The van der Waals surface area contributed by atoms with Crippen molar-refractivity contribution in [1.82, 2.24) is 9.97 Å². The molecule has 2 aromatic carbocycles. The van der Waals surface area contributed by atoms with Gasteiger partial charge in [-0.15, -0.1) is 0 Å². The zero-order valence-corrected chi connectivity index (χ0v) is 15.5. The minimum Gasteiger partial charge on any atom is -0.240 e. The Balaban J connectivity index is 1.45. The Bertz CT molecular complexity index is 829. The lowest BCUT2D eigenvalue weighted by molar-refractivity contribution is 0.717. The van der Waals surface area contributed by atoms with Crippen LogP contribution < -0.4 is 0 Å². The molecule has 0 aliphatic heterocycles. The molecule has 0 amide bonds. The summed E-state index contributed by atoms with van der Waals surface area (Å²) in [5.41, 5.74) is 6.23. The average molecular weight is 342 g/mol. The molecular weight excluding hydrogens is 316 g/mol. The highest BCUT2D eigenvalue weighted by Crippen LogP contribution is 2.38. The molecule has 1 aromatic heterocycles. The summed E-state index contributed by atoms with van der Waals surface area (Å²) in [5.74, 6) is 1.61. The van der Waals surface area contributed by atoms with Gasteiger partial charge in [0, 0.05) is 23.9 Å². The van der Waals surface area contributed by atoms with E-state index in [2.05, 4.69) is 65.4 Å². The molecule has 0 radical (unpaired) electrons. The van der Waals surface area contributed by atoms with Crippen molar-refractivity contribution in [2.75, 3.05) is 0 Å². The Kier molecular flexibility index (Phi) is 5.10. The first-order valence-electron chi connectivity index (χ1n) is 9.85. The maximum Gasteiger partial charge on any atom is 0.131 e. The van der Waals surface area contributed by atoms with Gasteiger partial charge in [-0.05, 0) is 47.9 Å². The summed E-state index contributed by atoms with van der Waals surface area (Å²) < 4.78 is 0. The first kappa shape index (κ1) is 17.0. The number of aryl methyl sites for hydroxylation is 1. The third kappa shape index (κ3) is 4.01. The molecule has 2 heteroatoms. The van der Waals surface area contributed by atoms with E-state index < -0.39 is 0 Å². The summed E-state index contributed by atoms with van der Waals surface area (Å²) in [4.78, 5) is 9.05. The Morgan fingerprint density at radius 1 is 0.731 bits per heavy atom. The van der Waals surface area contributed by atoms with Crippen LogP contribution in [0.3, 0.4) is 0 Å². The Labute approximate surface area is 156 Å². The third-order valence-electron chi connectivity index (χ3n) is 5.19. The van der Waals surface area contributed by atoms with Crippen LogP contribution in [0.5, 0.6) is 0 Å². The molecule has 0 atom stereocenters. The minimum atomic E-state index is 0.608. The lowest BCUT2D eigenvalue weighted by atomic mass is 9.99. The second-order valence-electron chi connectivity index (χ2n) is 7.34. The molecule has 1 saturated carbocycles. The summed E-state index contributed by atoms with van der Waals surface area (Å²) in [6.45, 7) is 2.25. The van der Waals surface area contributed by atoms with E-state index in [0.717, 1.165) is 11.4 Å². The fraction of sp³-hybridized carbons (Fsp3) is 0.333. The SMILES string of the molecule is CCCCCc1ccc(-c2ccc(-c3cnc(C4CC4)nc3)cc2)cc1. The van der Waals surface area contributed by atoms with Crippen molar-refractivity contribution < 1.29 is 0 Å². The highest BCUT2D eigenvalue weighted by molar-refractivity contribution is 5.69. The van der Waals surface area contributed by atoms with Crippen LogP contribution in [-0.2, 0) is 6.42 Å². The van der Waals surface area contributed by atoms with Gasteiger partial charge in [-0.1, -0.05) is 68.3 Å². The van der Waals surface area contributed by atoms with Gasteiger partial charge in [-0.2, -0.15) is 0 Å². The number of benzene rings is 2. The number of hydrogen-bond acceptors (Lipinski definition) is 2. The van der Waals surface area contributed by atoms with Crippen molar-refractivity contribution in [2.24, 2.45) is 0 Å². The molecule has 0 unspecified atom stereocenters. The molecular formula is C24H26N2. The molecule has 3 aromatic rings. The number of nitrogens with zero attached hydrogens (tertiary/aromatic N) is 2. The maximum atomic E-state index is 4.53. The Morgan fingerprint density at radius 3 is 1.81 bits per heavy atom. The quantitative estimate of drug-likeness (QED) is 0.463. The molecule has 0 spiro atoms. The topological polar surface area (TPSA) is 25.8 Å². The summed E-state index contributed by atoms with van der Waals surface area (Å²) in [5, 5.41) is 0. The molecule has 0 saturated heterocycles. The van der Waals surface area contributed by atoms with E-state index in [0.29, 0.717) is 5.92 Å². The van der Waals surface area contributed by atoms with Crippen molar-refractivity contribution in [3.8, 4) is 22.3 Å². The van der Waals surface area contributed by atoms with Crippen molar-refractivity contribution in [2.45, 2.75) is 51.4 Å². The Hall–Kier alpha value is -2.48. The molecule has 132 valence electrons. The van der Waals surface area contributed by atoms with Crippen LogP contribution in [0.1, 0.15) is 56.3 Å². The average Bonchev–Trinajstić information content (AvgIpc) is 3.55. The van der Waals surface area contributed by atoms with Crippen LogP contribution in [0, 0.1) is 0 Å². The van der Waals surface area contributed by atoms with Gasteiger partial charge in [0.25, 0.3) is 0 Å². The molecule has 0 N–H and O–H groups in total. The van der Waals surface area contributed by atoms with Crippen LogP contribution in [0.2, 0.25) is 0 Å². The van der Waals surface area contributed by atoms with Gasteiger partial charge in [0.1, 0.15) is 5.82 Å². The van der Waals surface area contributed by atoms with E-state index in [1.165, 1.54) is 60.8 Å². The van der Waals surface area contributed by atoms with Gasteiger partial charge < -0.3 is 0 Å². The predicted octanol–water partition coefficient (Wildman–Crippen LogP) is 6.42. The third-order valence-corrected chi connectivity index (χ3v) is 5.19. The van der Waals surface area contributed by atoms with Gasteiger partial charge in [0.2, 0.25) is 0 Å². The molecule has 2 nitrogen and oxygen atoms in total. The molecule has 1 aliphatic carbocycles. The molecule has 0 bridgehead atoms. The predicted molar refractivity (Wildman–Crippen MR) is 108 cm³/mol. The summed E-state index contributed by atoms with van der Waals surface area (Å²) in [6, 6.07) is 17.7. The van der Waals surface area contributed by atoms with E-state index in [1.807, 2.05) is 12.4 Å². The number of aromatic nitrogens is 2. The lowest BCUT2D eigenvalue weighted by Gasteiger charge is -2.07. The van der Waals surface area contributed by atoms with Gasteiger partial charge in [-0.25, -0.2) is 9.97 Å². The zero-order chi connectivity index (χ0) is 17.8. The highest BCUT2D eigenvalue weighted by atomic mass is 14.9. The van der Waals surface area contributed by atoms with Crippen LogP contribution in [-0.4, -0.2) is 9.97 Å². The van der Waals surface area contributed by atoms with Gasteiger partial charge >= 0.3 is 0 Å². The van der Waals surface area contributed by atoms with E-state index in [-0.39, 0.29) is 0 Å². The van der Waals surface area contributed by atoms with Crippen LogP contribution >= 0.6 is 0 Å². The second-order valence-corrected chi connectivity index (χ2v) is 7.34. The summed E-state index contributed by atoms with van der Waals surface area (Å²) in [7, 11) is 0. The first-order valence-corrected chi connectivity index (χ1v) is 9.85. The van der Waals surface area contributed by atoms with Gasteiger partial charge in [-0.3, -0.25) is 0 Å². The minimum absolute atomic E-state index is 0.608. The fourth-order valence-corrected chi connectivity index (χ4v) is 3.34. The number of rotatable bonds is 7. The molecule has 4 rings (SSSR count). The van der Waals surface area contributed by atoms with E-state index >= 15 is 0 Å². The number of unbranched alkanes of at least 4 members (excludes halogenated alkanes) is 2. The van der Waals surface area contributed by atoms with Crippen molar-refractivity contribution >= 4 is 0 Å². The fourth-order valence-electron chi connectivity index (χ4n) is 3.34. The van der Waals surface area contributed by atoms with Crippen molar-refractivity contribution in [3.63, 3.8) is 0 Å². The summed E-state index contributed by atoms with van der Waals surface area (Å²) in [6.07, 6.45) is 11.5. The monoisotopic (exact) mass is 342 g/mol. The molecule has 26 heavy (non-hydrogen) atoms. The zero-order valence-electron chi connectivity index (χ0n) is 15.5. The summed E-state index contributed by atoms with van der Waals surface area (Å²) >= 11 is 0. The highest BCUT2D eigenvalue weighted by Gasteiger charge is 2.26. The molecule has 1 fully saturated rings. The van der Waals surface area contributed by atoms with Gasteiger partial charge in [0.05, 0.1) is 0 Å². The number of hydrogen-bond donors (Lipinski definition) is 0. The van der Waals surface area contributed by atoms with Crippen LogP contribution in [0.15, 0.2) is 60.9 Å². The largest absolute Gasteiger partial charge is 0.240 e. The van der Waals surface area contributed by atoms with Crippen LogP contribution in [0.25, 0.3) is 22.3 Å². The van der Waals surface area contributed by atoms with E-state index in [1.54, 1.807) is 0 Å². The molecule has 1 heterocycles. The van der Waals surface area contributed by atoms with Crippen LogP contribution in [0.4, 0.5) is 0 Å². The van der Waals surface area contributed by atoms with Crippen molar-refractivity contribution in [1.29, 1.82) is 0 Å². The van der Waals surface area contributed by atoms with E-state index in [9.17, 15) is 0 Å². The smallest absolute Gasteiger partial charge is 0.131 e. The second kappa shape index (κ2) is 7.82. The lowest BCUT2D eigenvalue weighted by Crippen LogP contribution is -1.92.